The second-order valence-corrected chi connectivity index (χ2v) is 9.68. The van der Waals surface area contributed by atoms with E-state index in [1.54, 1.807) is 6.20 Å². The van der Waals surface area contributed by atoms with Crippen LogP contribution in [0.15, 0.2) is 54.7 Å². The van der Waals surface area contributed by atoms with Crippen molar-refractivity contribution < 1.29 is 9.53 Å². The first kappa shape index (κ1) is 22.4. The molecule has 0 saturated carbocycles. The van der Waals surface area contributed by atoms with E-state index in [0.29, 0.717) is 16.9 Å². The van der Waals surface area contributed by atoms with Crippen molar-refractivity contribution in [2.75, 3.05) is 19.7 Å². The highest BCUT2D eigenvalue weighted by atomic mass is 35.5. The molecule has 2 aromatic carbocycles. The summed E-state index contributed by atoms with van der Waals surface area (Å²) >= 11 is 6.71. The Kier molecular flexibility index (Phi) is 6.66. The number of rotatable bonds is 5. The van der Waals surface area contributed by atoms with E-state index in [0.717, 1.165) is 73.8 Å². The van der Waals surface area contributed by atoms with Crippen LogP contribution in [0.2, 0.25) is 5.02 Å². The Morgan fingerprint density at radius 1 is 1.12 bits per heavy atom. The first-order valence-corrected chi connectivity index (χ1v) is 12.6. The monoisotopic (exact) mass is 462 g/mol. The molecule has 3 aromatic rings. The summed E-state index contributed by atoms with van der Waals surface area (Å²) in [5, 5.41) is 1.76. The molecular formula is C28H31ClN2O2. The van der Waals surface area contributed by atoms with Crippen molar-refractivity contribution in [2.45, 2.75) is 51.0 Å². The number of nitrogens with zero attached hydrogens (tertiary/aromatic N) is 2. The van der Waals surface area contributed by atoms with Gasteiger partial charge in [0.2, 0.25) is 0 Å². The Hall–Kier alpha value is -2.43. The van der Waals surface area contributed by atoms with Crippen molar-refractivity contribution >= 4 is 28.4 Å². The first-order chi connectivity index (χ1) is 16.2. The average Bonchev–Trinajstić information content (AvgIpc) is 3.41. The van der Waals surface area contributed by atoms with Crippen molar-refractivity contribution in [3.63, 3.8) is 0 Å². The largest absolute Gasteiger partial charge is 0.368 e. The highest BCUT2D eigenvalue weighted by Crippen LogP contribution is 2.38. The molecule has 5 heteroatoms. The fraction of sp³-hybridized carbons (Fsp3) is 0.429. The smallest absolute Gasteiger partial charge is 0.251 e. The van der Waals surface area contributed by atoms with Crippen molar-refractivity contribution in [2.24, 2.45) is 5.92 Å². The maximum absolute atomic E-state index is 12.7. The van der Waals surface area contributed by atoms with Gasteiger partial charge >= 0.3 is 0 Å². The number of likely N-dealkylation sites (tertiary alicyclic amines) is 1. The average molecular weight is 463 g/mol. The third-order valence-electron chi connectivity index (χ3n) is 7.43. The van der Waals surface area contributed by atoms with E-state index in [1.165, 1.54) is 5.56 Å². The Morgan fingerprint density at radius 3 is 2.61 bits per heavy atom. The van der Waals surface area contributed by atoms with Gasteiger partial charge in [0.05, 0.1) is 10.5 Å². The fourth-order valence-electron chi connectivity index (χ4n) is 5.58. The summed E-state index contributed by atoms with van der Waals surface area (Å²) in [5.41, 5.74) is 4.35. The predicted octanol–water partition coefficient (Wildman–Crippen LogP) is 6.47. The molecule has 2 aliphatic heterocycles. The fourth-order valence-corrected chi connectivity index (χ4v) is 5.91. The van der Waals surface area contributed by atoms with Crippen molar-refractivity contribution in [1.29, 1.82) is 0 Å². The molecule has 0 spiro atoms. The van der Waals surface area contributed by atoms with Crippen LogP contribution in [0.3, 0.4) is 0 Å². The number of carbonyl (C=O) groups is 1. The Balaban J connectivity index is 1.28. The molecule has 0 aliphatic carbocycles. The maximum Gasteiger partial charge on any atom is 0.251 e. The number of ether oxygens (including phenoxy) is 1. The quantitative estimate of drug-likeness (QED) is 0.436. The van der Waals surface area contributed by atoms with Gasteiger partial charge < -0.3 is 9.64 Å². The van der Waals surface area contributed by atoms with Crippen LogP contribution in [-0.4, -0.2) is 41.6 Å². The van der Waals surface area contributed by atoms with Crippen molar-refractivity contribution in [3.8, 4) is 11.1 Å². The highest BCUT2D eigenvalue weighted by molar-refractivity contribution is 6.37. The summed E-state index contributed by atoms with van der Waals surface area (Å²) in [4.78, 5) is 19.2. The van der Waals surface area contributed by atoms with Gasteiger partial charge in [0.1, 0.15) is 6.10 Å². The molecule has 0 N–H and O–H groups in total. The Morgan fingerprint density at radius 2 is 1.91 bits per heavy atom. The van der Waals surface area contributed by atoms with Gasteiger partial charge in [0.25, 0.3) is 5.91 Å². The van der Waals surface area contributed by atoms with E-state index in [2.05, 4.69) is 48.3 Å². The van der Waals surface area contributed by atoms with E-state index in [9.17, 15) is 4.79 Å². The summed E-state index contributed by atoms with van der Waals surface area (Å²) in [6.07, 6.45) is 6.67. The standard InChI is InChI=1S/C28H31ClN2O2/c1-2-23(21-13-16-31(17-14-21)28(32)25-6-4-18-33-25)19-7-9-20(10-8-19)24-12-11-22-5-3-15-30-27(22)26(24)29/h3,5,7-12,15,21,23,25H,2,4,6,13-14,16-18H2,1H3/t23?,25-/m1/s1. The molecule has 4 nitrogen and oxygen atoms in total. The van der Waals surface area contributed by atoms with E-state index >= 15 is 0 Å². The van der Waals surface area contributed by atoms with Crippen LogP contribution in [0.4, 0.5) is 0 Å². The zero-order valence-electron chi connectivity index (χ0n) is 19.2. The van der Waals surface area contributed by atoms with Crippen LogP contribution in [0.25, 0.3) is 22.0 Å². The van der Waals surface area contributed by atoms with E-state index in [1.807, 2.05) is 17.0 Å². The van der Waals surface area contributed by atoms with E-state index < -0.39 is 0 Å². The number of hydrogen-bond acceptors (Lipinski definition) is 3. The molecule has 1 unspecified atom stereocenters. The first-order valence-electron chi connectivity index (χ1n) is 12.2. The third kappa shape index (κ3) is 4.51. The SMILES string of the molecule is CCC(c1ccc(-c2ccc3cccnc3c2Cl)cc1)C1CCN(C(=O)[C@H]2CCCO2)CC1. The second kappa shape index (κ2) is 9.82. The van der Waals surface area contributed by atoms with Crippen LogP contribution in [0, 0.1) is 5.92 Å². The van der Waals surface area contributed by atoms with Gasteiger partial charge in [-0.2, -0.15) is 0 Å². The third-order valence-corrected chi connectivity index (χ3v) is 7.81. The number of halogens is 1. The van der Waals surface area contributed by atoms with Crippen LogP contribution < -0.4 is 0 Å². The molecule has 3 heterocycles. The molecule has 0 radical (unpaired) electrons. The van der Waals surface area contributed by atoms with Crippen LogP contribution >= 0.6 is 11.6 Å². The van der Waals surface area contributed by atoms with Gasteiger partial charge in [-0.05, 0) is 61.1 Å². The lowest BCUT2D eigenvalue weighted by Gasteiger charge is -2.37. The number of benzene rings is 2. The minimum Gasteiger partial charge on any atom is -0.368 e. The molecule has 33 heavy (non-hydrogen) atoms. The molecular weight excluding hydrogens is 432 g/mol. The number of carbonyl (C=O) groups excluding carboxylic acids is 1. The van der Waals surface area contributed by atoms with Crippen LogP contribution in [-0.2, 0) is 9.53 Å². The highest BCUT2D eigenvalue weighted by Gasteiger charge is 2.33. The molecule has 5 rings (SSSR count). The number of pyridine rings is 1. The minimum absolute atomic E-state index is 0.199. The Bertz CT molecular complexity index is 1120. The summed E-state index contributed by atoms with van der Waals surface area (Å²) < 4.78 is 5.61. The molecule has 2 atom stereocenters. The zero-order valence-corrected chi connectivity index (χ0v) is 19.9. The van der Waals surface area contributed by atoms with E-state index in [-0.39, 0.29) is 12.0 Å². The van der Waals surface area contributed by atoms with Gasteiger partial charge in [-0.3, -0.25) is 9.78 Å². The number of amides is 1. The van der Waals surface area contributed by atoms with Gasteiger partial charge in [-0.15, -0.1) is 0 Å². The minimum atomic E-state index is -0.201. The molecule has 2 saturated heterocycles. The number of fused-ring (bicyclic) bond motifs is 1. The second-order valence-electron chi connectivity index (χ2n) is 9.30. The zero-order chi connectivity index (χ0) is 22.8. The van der Waals surface area contributed by atoms with Gasteiger partial charge in [-0.1, -0.05) is 61.0 Å². The number of hydrogen-bond donors (Lipinski definition) is 0. The lowest BCUT2D eigenvalue weighted by Crippen LogP contribution is -2.44. The Labute approximate surface area is 200 Å². The number of aromatic nitrogens is 1. The molecule has 1 aromatic heterocycles. The molecule has 2 aliphatic rings. The predicted molar refractivity (Wildman–Crippen MR) is 133 cm³/mol. The van der Waals surface area contributed by atoms with Gasteiger partial charge in [0.15, 0.2) is 0 Å². The summed E-state index contributed by atoms with van der Waals surface area (Å²) in [6.45, 7) is 4.69. The van der Waals surface area contributed by atoms with Crippen LogP contribution in [0.1, 0.15) is 50.5 Å². The molecule has 2 fully saturated rings. The summed E-state index contributed by atoms with van der Waals surface area (Å²) in [6, 6.07) is 17.0. The van der Waals surface area contributed by atoms with Crippen molar-refractivity contribution in [3.05, 3.63) is 65.3 Å². The van der Waals surface area contributed by atoms with Gasteiger partial charge in [-0.25, -0.2) is 0 Å². The van der Waals surface area contributed by atoms with Gasteiger partial charge in [0, 0.05) is 36.8 Å². The lowest BCUT2D eigenvalue weighted by molar-refractivity contribution is -0.142. The normalized spacial score (nSPS) is 20.3. The maximum atomic E-state index is 12.7. The van der Waals surface area contributed by atoms with E-state index in [4.69, 9.17) is 16.3 Å². The summed E-state index contributed by atoms with van der Waals surface area (Å²) in [5.74, 6) is 1.31. The van der Waals surface area contributed by atoms with Crippen LogP contribution in [0.5, 0.6) is 0 Å². The van der Waals surface area contributed by atoms with Crippen molar-refractivity contribution in [1.82, 2.24) is 9.88 Å². The molecule has 1 amide bonds. The number of piperidine rings is 1. The summed E-state index contributed by atoms with van der Waals surface area (Å²) in [7, 11) is 0. The lowest BCUT2D eigenvalue weighted by atomic mass is 9.78. The molecule has 172 valence electrons. The topological polar surface area (TPSA) is 42.4 Å². The molecule has 0 bridgehead atoms.